The summed E-state index contributed by atoms with van der Waals surface area (Å²) in [5, 5.41) is 9.62. The number of methoxy groups -OCH3 is 1. The number of nitrogens with two attached hydrogens (primary N) is 1. The second-order valence-electron chi connectivity index (χ2n) is 3.24. The molecule has 1 aromatic carbocycles. The van der Waals surface area contributed by atoms with Gasteiger partial charge in [-0.1, -0.05) is 25.1 Å². The molecule has 0 aromatic heterocycles. The van der Waals surface area contributed by atoms with Gasteiger partial charge in [0.25, 0.3) is 0 Å². The van der Waals surface area contributed by atoms with Gasteiger partial charge in [-0.25, -0.2) is 0 Å². The summed E-state index contributed by atoms with van der Waals surface area (Å²) in [7, 11) is 1.60. The monoisotopic (exact) mass is 195 g/mol. The largest absolute Gasteiger partial charge is 0.496 e. The van der Waals surface area contributed by atoms with Gasteiger partial charge in [0.2, 0.25) is 0 Å². The molecule has 0 saturated heterocycles. The number of aliphatic hydroxyl groups is 1. The highest BCUT2D eigenvalue weighted by atomic mass is 16.5. The zero-order chi connectivity index (χ0) is 10.6. The van der Waals surface area contributed by atoms with E-state index < -0.39 is 6.10 Å². The molecule has 3 N–H and O–H groups in total. The highest BCUT2D eigenvalue weighted by Gasteiger charge is 2.17. The third-order valence-electron chi connectivity index (χ3n) is 2.33. The topological polar surface area (TPSA) is 55.5 Å². The van der Waals surface area contributed by atoms with Gasteiger partial charge in [-0.3, -0.25) is 0 Å². The number of para-hydroxylation sites is 1. The first-order valence-corrected chi connectivity index (χ1v) is 4.77. The summed E-state index contributed by atoms with van der Waals surface area (Å²) >= 11 is 0. The van der Waals surface area contributed by atoms with Gasteiger partial charge in [0.1, 0.15) is 5.75 Å². The Morgan fingerprint density at radius 1 is 1.43 bits per heavy atom. The maximum absolute atomic E-state index is 9.62. The Labute approximate surface area is 84.5 Å². The lowest BCUT2D eigenvalue weighted by Crippen LogP contribution is -2.25. The van der Waals surface area contributed by atoms with E-state index in [9.17, 15) is 5.11 Å². The molecule has 0 amide bonds. The van der Waals surface area contributed by atoms with E-state index in [0.29, 0.717) is 6.42 Å². The molecule has 78 valence electrons. The van der Waals surface area contributed by atoms with E-state index in [1.54, 1.807) is 7.11 Å². The predicted octanol–water partition coefficient (Wildman–Crippen LogP) is 1.47. The van der Waals surface area contributed by atoms with Crippen molar-refractivity contribution >= 4 is 0 Å². The molecular formula is C11H17NO2. The number of hydrogen-bond donors (Lipinski definition) is 2. The Kier molecular flexibility index (Phi) is 3.92. The standard InChI is InChI=1S/C11H17NO2/c1-3-9(13)11(12)8-6-4-5-7-10(8)14-2/h4-7,9,11,13H,3,12H2,1-2H3/t9-,11+/m0/s1. The van der Waals surface area contributed by atoms with Crippen molar-refractivity contribution in [3.63, 3.8) is 0 Å². The van der Waals surface area contributed by atoms with Crippen LogP contribution in [-0.2, 0) is 0 Å². The summed E-state index contributed by atoms with van der Waals surface area (Å²) in [4.78, 5) is 0. The van der Waals surface area contributed by atoms with Crippen LogP contribution in [0.15, 0.2) is 24.3 Å². The summed E-state index contributed by atoms with van der Waals surface area (Å²) in [6, 6.07) is 7.11. The minimum absolute atomic E-state index is 0.379. The van der Waals surface area contributed by atoms with Crippen LogP contribution in [0.1, 0.15) is 24.9 Å². The summed E-state index contributed by atoms with van der Waals surface area (Å²) in [6.07, 6.45) is 0.116. The molecule has 3 nitrogen and oxygen atoms in total. The van der Waals surface area contributed by atoms with E-state index in [1.165, 1.54) is 0 Å². The first kappa shape index (κ1) is 11.0. The quantitative estimate of drug-likeness (QED) is 0.764. The van der Waals surface area contributed by atoms with Gasteiger partial charge >= 0.3 is 0 Å². The fraction of sp³-hybridized carbons (Fsp3) is 0.455. The van der Waals surface area contributed by atoms with Crippen molar-refractivity contribution in [1.82, 2.24) is 0 Å². The molecule has 3 heteroatoms. The number of benzene rings is 1. The molecular weight excluding hydrogens is 178 g/mol. The fourth-order valence-corrected chi connectivity index (χ4v) is 1.40. The lowest BCUT2D eigenvalue weighted by Gasteiger charge is -2.19. The van der Waals surface area contributed by atoms with Crippen LogP contribution >= 0.6 is 0 Å². The Balaban J connectivity index is 2.93. The minimum Gasteiger partial charge on any atom is -0.496 e. The van der Waals surface area contributed by atoms with Crippen LogP contribution in [0, 0.1) is 0 Å². The van der Waals surface area contributed by atoms with Crippen LogP contribution in [0.2, 0.25) is 0 Å². The summed E-state index contributed by atoms with van der Waals surface area (Å²) in [6.45, 7) is 1.90. The summed E-state index contributed by atoms with van der Waals surface area (Å²) in [5.74, 6) is 0.729. The number of hydrogen-bond acceptors (Lipinski definition) is 3. The third-order valence-corrected chi connectivity index (χ3v) is 2.33. The van der Waals surface area contributed by atoms with E-state index in [-0.39, 0.29) is 6.04 Å². The molecule has 1 aromatic rings. The van der Waals surface area contributed by atoms with Crippen molar-refractivity contribution in [2.24, 2.45) is 5.73 Å². The number of rotatable bonds is 4. The lowest BCUT2D eigenvalue weighted by molar-refractivity contribution is 0.139. The SMILES string of the molecule is CC[C@H](O)[C@H](N)c1ccccc1OC. The lowest BCUT2D eigenvalue weighted by atomic mass is 10.00. The van der Waals surface area contributed by atoms with E-state index in [4.69, 9.17) is 10.5 Å². The summed E-state index contributed by atoms with van der Waals surface area (Å²) in [5.41, 5.74) is 6.75. The second kappa shape index (κ2) is 4.98. The van der Waals surface area contributed by atoms with Gasteiger partial charge in [-0.05, 0) is 12.5 Å². The first-order valence-electron chi connectivity index (χ1n) is 4.77. The maximum Gasteiger partial charge on any atom is 0.123 e. The molecule has 0 aliphatic carbocycles. The Morgan fingerprint density at radius 2 is 2.07 bits per heavy atom. The van der Waals surface area contributed by atoms with Crippen molar-refractivity contribution in [2.75, 3.05) is 7.11 Å². The molecule has 1 rings (SSSR count). The van der Waals surface area contributed by atoms with Crippen LogP contribution in [0.25, 0.3) is 0 Å². The van der Waals surface area contributed by atoms with Crippen LogP contribution in [0.5, 0.6) is 5.75 Å². The number of ether oxygens (including phenoxy) is 1. The van der Waals surface area contributed by atoms with Gasteiger partial charge in [-0.2, -0.15) is 0 Å². The Morgan fingerprint density at radius 3 is 2.64 bits per heavy atom. The van der Waals surface area contributed by atoms with E-state index in [1.807, 2.05) is 31.2 Å². The predicted molar refractivity (Wildman–Crippen MR) is 56.2 cm³/mol. The summed E-state index contributed by atoms with van der Waals surface area (Å²) < 4.78 is 5.17. The molecule has 0 heterocycles. The van der Waals surface area contributed by atoms with Crippen molar-refractivity contribution < 1.29 is 9.84 Å². The second-order valence-corrected chi connectivity index (χ2v) is 3.24. The van der Waals surface area contributed by atoms with Crippen molar-refractivity contribution in [1.29, 1.82) is 0 Å². The maximum atomic E-state index is 9.62. The Bertz CT molecular complexity index is 288. The molecule has 0 fully saturated rings. The average Bonchev–Trinajstić information content (AvgIpc) is 2.26. The molecule has 14 heavy (non-hydrogen) atoms. The van der Waals surface area contributed by atoms with E-state index in [2.05, 4.69) is 0 Å². The van der Waals surface area contributed by atoms with E-state index in [0.717, 1.165) is 11.3 Å². The van der Waals surface area contributed by atoms with Crippen LogP contribution in [0.4, 0.5) is 0 Å². The van der Waals surface area contributed by atoms with Gasteiger partial charge in [-0.15, -0.1) is 0 Å². The molecule has 0 spiro atoms. The van der Waals surface area contributed by atoms with E-state index >= 15 is 0 Å². The van der Waals surface area contributed by atoms with Gasteiger partial charge < -0.3 is 15.6 Å². The molecule has 0 radical (unpaired) electrons. The van der Waals surface area contributed by atoms with Gasteiger partial charge in [0.15, 0.2) is 0 Å². The van der Waals surface area contributed by atoms with Crippen LogP contribution < -0.4 is 10.5 Å². The number of aliphatic hydroxyl groups excluding tert-OH is 1. The molecule has 0 aliphatic heterocycles. The highest BCUT2D eigenvalue weighted by Crippen LogP contribution is 2.25. The molecule has 0 unspecified atom stereocenters. The van der Waals surface area contributed by atoms with Crippen LogP contribution in [0.3, 0.4) is 0 Å². The normalized spacial score (nSPS) is 14.9. The molecule has 0 saturated carbocycles. The van der Waals surface area contributed by atoms with Crippen LogP contribution in [-0.4, -0.2) is 18.3 Å². The fourth-order valence-electron chi connectivity index (χ4n) is 1.40. The van der Waals surface area contributed by atoms with Crippen molar-refractivity contribution in [2.45, 2.75) is 25.5 Å². The third kappa shape index (κ3) is 2.25. The van der Waals surface area contributed by atoms with Crippen molar-refractivity contribution in [3.05, 3.63) is 29.8 Å². The highest BCUT2D eigenvalue weighted by molar-refractivity contribution is 5.36. The first-order chi connectivity index (χ1) is 6.70. The molecule has 0 bridgehead atoms. The zero-order valence-corrected chi connectivity index (χ0v) is 8.60. The molecule has 0 aliphatic rings. The minimum atomic E-state index is -0.522. The Hall–Kier alpha value is -1.06. The smallest absolute Gasteiger partial charge is 0.123 e. The zero-order valence-electron chi connectivity index (χ0n) is 8.60. The van der Waals surface area contributed by atoms with Gasteiger partial charge in [0, 0.05) is 5.56 Å². The van der Waals surface area contributed by atoms with Gasteiger partial charge in [0.05, 0.1) is 19.3 Å². The molecule has 2 atom stereocenters. The van der Waals surface area contributed by atoms with Crippen molar-refractivity contribution in [3.8, 4) is 5.75 Å². The average molecular weight is 195 g/mol.